The molecule has 4 N–H and O–H groups in total. The number of rotatable bonds is 13. The second-order valence-electron chi connectivity index (χ2n) is 12.3. The third kappa shape index (κ3) is 10.3. The average molecular weight is 682 g/mol. The van der Waals surface area contributed by atoms with Crippen LogP contribution in [0.25, 0.3) is 0 Å². The Balaban J connectivity index is 1.23. The summed E-state index contributed by atoms with van der Waals surface area (Å²) in [7, 11) is 0. The van der Waals surface area contributed by atoms with Crippen molar-refractivity contribution in [3.8, 4) is 0 Å². The Morgan fingerprint density at radius 3 is 2.08 bits per heavy atom. The summed E-state index contributed by atoms with van der Waals surface area (Å²) in [4.78, 5) is 37.3. The lowest BCUT2D eigenvalue weighted by molar-refractivity contribution is -0.268. The van der Waals surface area contributed by atoms with Crippen molar-refractivity contribution in [1.82, 2.24) is 10.6 Å². The minimum absolute atomic E-state index is 0.0268. The number of Topliss-reactive ketones (excluding diaryl/α,β-unsaturated/α-hetero) is 1. The average Bonchev–Trinajstić information content (AvgIpc) is 3.11. The molecular weight excluding hydrogens is 639 g/mol. The minimum atomic E-state index is -0.619. The van der Waals surface area contributed by atoms with Gasteiger partial charge in [-0.05, 0) is 59.9 Å². The first kappa shape index (κ1) is 35.8. The molecule has 1 fully saturated rings. The first-order valence-corrected chi connectivity index (χ1v) is 17.4. The second-order valence-corrected chi connectivity index (χ2v) is 13.4. The van der Waals surface area contributed by atoms with Gasteiger partial charge in [-0.3, -0.25) is 9.59 Å². The first-order valence-electron chi connectivity index (χ1n) is 16.4. The zero-order valence-corrected chi connectivity index (χ0v) is 28.7. The van der Waals surface area contributed by atoms with Gasteiger partial charge in [0.15, 0.2) is 12.1 Å². The smallest absolute Gasteiger partial charge is 0.315 e. The minimum Gasteiger partial charge on any atom is -0.392 e. The number of ether oxygens (including phenoxy) is 2. The number of hydrogen-bond acceptors (Lipinski definition) is 7. The van der Waals surface area contributed by atoms with E-state index in [1.54, 1.807) is 11.8 Å². The number of ketones is 1. The maximum Gasteiger partial charge on any atom is 0.315 e. The van der Waals surface area contributed by atoms with Crippen molar-refractivity contribution in [1.29, 1.82) is 0 Å². The highest BCUT2D eigenvalue weighted by Gasteiger charge is 2.38. The summed E-state index contributed by atoms with van der Waals surface area (Å²) in [6.07, 6.45) is -0.577. The number of carbonyl (C=O) groups is 3. The first-order chi connectivity index (χ1) is 23.7. The van der Waals surface area contributed by atoms with Crippen LogP contribution in [0.2, 0.25) is 0 Å². The van der Waals surface area contributed by atoms with Crippen LogP contribution in [0.3, 0.4) is 0 Å². The number of nitrogens with one attached hydrogen (secondary N) is 3. The predicted octanol–water partition coefficient (Wildman–Crippen LogP) is 6.72. The maximum atomic E-state index is 12.7. The van der Waals surface area contributed by atoms with Crippen molar-refractivity contribution >= 4 is 35.2 Å². The van der Waals surface area contributed by atoms with Crippen LogP contribution in [0.4, 0.5) is 10.5 Å². The van der Waals surface area contributed by atoms with E-state index in [0.29, 0.717) is 12.2 Å². The Hall–Kier alpha value is -4.48. The Morgan fingerprint density at radius 2 is 1.45 bits per heavy atom. The van der Waals surface area contributed by atoms with Gasteiger partial charge in [0.1, 0.15) is 0 Å². The molecule has 0 radical (unpaired) electrons. The van der Waals surface area contributed by atoms with Gasteiger partial charge in [-0.25, -0.2) is 4.79 Å². The van der Waals surface area contributed by atoms with Crippen molar-refractivity contribution in [2.24, 2.45) is 5.92 Å². The number of amides is 3. The molecule has 10 heteroatoms. The fourth-order valence-electron chi connectivity index (χ4n) is 5.66. The van der Waals surface area contributed by atoms with E-state index in [9.17, 15) is 19.5 Å². The zero-order chi connectivity index (χ0) is 34.8. The van der Waals surface area contributed by atoms with Crippen molar-refractivity contribution in [3.63, 3.8) is 0 Å². The van der Waals surface area contributed by atoms with Gasteiger partial charge in [0.2, 0.25) is 5.91 Å². The number of benzene rings is 4. The van der Waals surface area contributed by atoms with Crippen LogP contribution < -0.4 is 16.0 Å². The van der Waals surface area contributed by atoms with E-state index in [2.05, 4.69) is 22.9 Å². The van der Waals surface area contributed by atoms with Crippen LogP contribution in [-0.4, -0.2) is 40.7 Å². The van der Waals surface area contributed by atoms with E-state index in [4.69, 9.17) is 9.47 Å². The third-order valence-electron chi connectivity index (χ3n) is 8.50. The Morgan fingerprint density at radius 1 is 0.796 bits per heavy atom. The largest absolute Gasteiger partial charge is 0.392 e. The van der Waals surface area contributed by atoms with Gasteiger partial charge in [0.25, 0.3) is 0 Å². The lowest BCUT2D eigenvalue weighted by atomic mass is 9.91. The van der Waals surface area contributed by atoms with E-state index in [1.807, 2.05) is 103 Å². The molecular formula is C39H43N3O6S. The zero-order valence-electron chi connectivity index (χ0n) is 27.9. The highest BCUT2D eigenvalue weighted by atomic mass is 32.2. The van der Waals surface area contributed by atoms with E-state index in [0.717, 1.165) is 38.4 Å². The normalized spacial score (nSPS) is 19.4. The molecule has 4 aromatic carbocycles. The quantitative estimate of drug-likeness (QED) is 0.116. The molecule has 0 saturated carbocycles. The topological polar surface area (TPSA) is 126 Å². The van der Waals surface area contributed by atoms with Crippen molar-refractivity contribution in [2.75, 3.05) is 11.1 Å². The van der Waals surface area contributed by atoms with Gasteiger partial charge in [-0.2, -0.15) is 0 Å². The van der Waals surface area contributed by atoms with Crippen molar-refractivity contribution < 1.29 is 29.0 Å². The lowest BCUT2D eigenvalue weighted by Gasteiger charge is -2.41. The molecule has 0 aromatic heterocycles. The van der Waals surface area contributed by atoms with Crippen LogP contribution >= 0.6 is 11.8 Å². The summed E-state index contributed by atoms with van der Waals surface area (Å²) in [6.45, 7) is 5.35. The molecule has 4 aromatic rings. The van der Waals surface area contributed by atoms with E-state index >= 15 is 0 Å². The molecule has 0 bridgehead atoms. The SMILES string of the molecule is CC(=O)Nc1ccc(SC[C@H]2OC(c3ccc(CNC(=O)N[C@H](Cc4ccccc4)C(C)=O)cc3)O[C@@H](c3ccc(CO)cc3)[C@H]2C)cc1. The maximum absolute atomic E-state index is 12.7. The number of carbonyl (C=O) groups excluding carboxylic acids is 3. The summed E-state index contributed by atoms with van der Waals surface area (Å²) in [6, 6.07) is 31.9. The molecule has 1 aliphatic rings. The van der Waals surface area contributed by atoms with E-state index < -0.39 is 18.4 Å². The van der Waals surface area contributed by atoms with Crippen molar-refractivity contribution in [3.05, 3.63) is 131 Å². The molecule has 1 aliphatic heterocycles. The van der Waals surface area contributed by atoms with Gasteiger partial charge in [0.05, 0.1) is 24.9 Å². The number of thioether (sulfide) groups is 1. The fraction of sp³-hybridized carbons (Fsp3) is 0.308. The van der Waals surface area contributed by atoms with E-state index in [1.165, 1.54) is 13.8 Å². The van der Waals surface area contributed by atoms with E-state index in [-0.39, 0.29) is 43.0 Å². The molecule has 1 unspecified atom stereocenters. The van der Waals surface area contributed by atoms with Crippen LogP contribution in [0.15, 0.2) is 108 Å². The molecule has 5 rings (SSSR count). The molecule has 9 nitrogen and oxygen atoms in total. The third-order valence-corrected chi connectivity index (χ3v) is 9.60. The Kier molecular flexibility index (Phi) is 12.6. The summed E-state index contributed by atoms with van der Waals surface area (Å²) in [5.41, 5.74) is 5.31. The number of urea groups is 1. The summed E-state index contributed by atoms with van der Waals surface area (Å²) >= 11 is 1.68. The number of hydrogen-bond donors (Lipinski definition) is 4. The number of aliphatic hydroxyl groups is 1. The lowest BCUT2D eigenvalue weighted by Crippen LogP contribution is -2.46. The van der Waals surface area contributed by atoms with Gasteiger partial charge in [-0.1, -0.05) is 85.8 Å². The molecule has 256 valence electrons. The fourth-order valence-corrected chi connectivity index (χ4v) is 6.72. The number of anilines is 1. The molecule has 1 saturated heterocycles. The molecule has 49 heavy (non-hydrogen) atoms. The predicted molar refractivity (Wildman–Crippen MR) is 191 cm³/mol. The van der Waals surface area contributed by atoms with Crippen LogP contribution in [0.5, 0.6) is 0 Å². The van der Waals surface area contributed by atoms with Gasteiger partial charge >= 0.3 is 6.03 Å². The standard InChI is InChI=1S/C39H43N3O6S/c1-25-36(24-49-34-19-17-33(18-20-34)41-27(3)45)47-38(48-37(25)31-13-11-30(23-43)12-14-31)32-15-9-29(10-16-32)22-40-39(46)42-35(26(2)44)21-28-7-5-4-6-8-28/h4-20,25,35-38,43H,21-24H2,1-3H3,(H,41,45)(H2,40,42,46)/t25-,35+,36+,37+,38?/m0/s1. The highest BCUT2D eigenvalue weighted by Crippen LogP contribution is 2.43. The van der Waals surface area contributed by atoms with Crippen LogP contribution in [0, 0.1) is 5.92 Å². The second kappa shape index (κ2) is 17.3. The van der Waals surface area contributed by atoms with Gasteiger partial charge in [0, 0.05) is 41.3 Å². The number of aliphatic hydroxyl groups excluding tert-OH is 1. The Bertz CT molecular complexity index is 1680. The summed E-state index contributed by atoms with van der Waals surface area (Å²) in [5, 5.41) is 18.0. The Labute approximate surface area is 291 Å². The highest BCUT2D eigenvalue weighted by molar-refractivity contribution is 7.99. The molecule has 0 spiro atoms. The van der Waals surface area contributed by atoms with Crippen LogP contribution in [-0.2, 0) is 38.6 Å². The molecule has 5 atom stereocenters. The molecule has 3 amide bonds. The molecule has 0 aliphatic carbocycles. The van der Waals surface area contributed by atoms with Gasteiger partial charge < -0.3 is 30.5 Å². The monoisotopic (exact) mass is 681 g/mol. The summed E-state index contributed by atoms with van der Waals surface area (Å²) in [5.74, 6) is 0.504. The van der Waals surface area contributed by atoms with Crippen LogP contribution in [0.1, 0.15) is 61.0 Å². The summed E-state index contributed by atoms with van der Waals surface area (Å²) < 4.78 is 13.2. The molecule has 1 heterocycles. The van der Waals surface area contributed by atoms with Crippen molar-refractivity contribution in [2.45, 2.75) is 69.8 Å². The van der Waals surface area contributed by atoms with Gasteiger partial charge in [-0.15, -0.1) is 11.8 Å².